The van der Waals surface area contributed by atoms with E-state index in [-0.39, 0.29) is 0 Å². The first-order valence-electron chi connectivity index (χ1n) is 18.5. The van der Waals surface area contributed by atoms with E-state index in [1.807, 2.05) is 6.07 Å². The van der Waals surface area contributed by atoms with Gasteiger partial charge < -0.3 is 8.98 Å². The van der Waals surface area contributed by atoms with E-state index in [1.54, 1.807) is 11.3 Å². The van der Waals surface area contributed by atoms with Gasteiger partial charge in [-0.2, -0.15) is 0 Å². The Labute approximate surface area is 319 Å². The summed E-state index contributed by atoms with van der Waals surface area (Å²) in [5.74, 6) is 0.681. The number of hydrogen-bond donors (Lipinski definition) is 0. The number of furan rings is 1. The summed E-state index contributed by atoms with van der Waals surface area (Å²) in [6.07, 6.45) is 0. The van der Waals surface area contributed by atoms with Crippen LogP contribution in [-0.4, -0.2) is 14.5 Å². The Kier molecular flexibility index (Phi) is 6.47. The monoisotopic (exact) mass is 719 g/mol. The summed E-state index contributed by atoms with van der Waals surface area (Å²) in [6, 6.07) is 62.4. The lowest BCUT2D eigenvalue weighted by Crippen LogP contribution is -1.94. The predicted octanol–water partition coefficient (Wildman–Crippen LogP) is 14.0. The molecule has 55 heavy (non-hydrogen) atoms. The van der Waals surface area contributed by atoms with Crippen LogP contribution >= 0.6 is 11.3 Å². The molecule has 4 nitrogen and oxygen atoms in total. The molecule has 0 aliphatic heterocycles. The molecule has 0 saturated carbocycles. The average Bonchev–Trinajstić information content (AvgIpc) is 3.93. The molecule has 0 unspecified atom stereocenters. The highest BCUT2D eigenvalue weighted by molar-refractivity contribution is 7.26. The van der Waals surface area contributed by atoms with Crippen molar-refractivity contribution in [2.45, 2.75) is 0 Å². The van der Waals surface area contributed by atoms with Gasteiger partial charge in [0.25, 0.3) is 0 Å². The van der Waals surface area contributed by atoms with Crippen molar-refractivity contribution >= 4 is 86.2 Å². The van der Waals surface area contributed by atoms with Gasteiger partial charge in [-0.1, -0.05) is 133 Å². The van der Waals surface area contributed by atoms with Gasteiger partial charge in [-0.05, 0) is 64.4 Å². The molecular formula is C50H29N3OS. The molecule has 0 fully saturated rings. The number of benzene rings is 8. The Morgan fingerprint density at radius 2 is 1.20 bits per heavy atom. The van der Waals surface area contributed by atoms with E-state index in [4.69, 9.17) is 14.4 Å². The minimum Gasteiger partial charge on any atom is -0.454 e. The zero-order chi connectivity index (χ0) is 36.0. The highest BCUT2D eigenvalue weighted by atomic mass is 32.1. The third kappa shape index (κ3) is 4.57. The molecule has 8 aromatic carbocycles. The molecule has 0 spiro atoms. The maximum absolute atomic E-state index is 6.93. The summed E-state index contributed by atoms with van der Waals surface area (Å²) in [5, 5.41) is 8.19. The number of rotatable bonds is 4. The van der Waals surface area contributed by atoms with E-state index in [0.717, 1.165) is 71.1 Å². The van der Waals surface area contributed by atoms with Crippen LogP contribution in [0.2, 0.25) is 0 Å². The van der Waals surface area contributed by atoms with E-state index >= 15 is 0 Å². The predicted molar refractivity (Wildman–Crippen MR) is 230 cm³/mol. The van der Waals surface area contributed by atoms with Gasteiger partial charge >= 0.3 is 0 Å². The van der Waals surface area contributed by atoms with Gasteiger partial charge in [0.2, 0.25) is 0 Å². The second-order valence-electron chi connectivity index (χ2n) is 14.1. The first-order chi connectivity index (χ1) is 27.3. The second-order valence-corrected chi connectivity index (χ2v) is 15.2. The maximum atomic E-state index is 6.93. The second kappa shape index (κ2) is 11.7. The molecule has 12 aromatic rings. The molecule has 0 radical (unpaired) electrons. The van der Waals surface area contributed by atoms with Gasteiger partial charge in [0.1, 0.15) is 5.58 Å². The van der Waals surface area contributed by atoms with Crippen molar-refractivity contribution in [3.8, 4) is 39.5 Å². The molecule has 12 rings (SSSR count). The van der Waals surface area contributed by atoms with Crippen molar-refractivity contribution in [1.29, 1.82) is 0 Å². The Morgan fingerprint density at radius 1 is 0.473 bits per heavy atom. The first-order valence-corrected chi connectivity index (χ1v) is 19.3. The van der Waals surface area contributed by atoms with Crippen molar-refractivity contribution < 1.29 is 4.42 Å². The van der Waals surface area contributed by atoms with Gasteiger partial charge in [0.15, 0.2) is 11.4 Å². The molecule has 5 heteroatoms. The standard InChI is InChI=1S/C50H29N3OS/c1-3-12-30(13-4-1)33-24-26-40-39(28-33)45-35-17-8-7-14-31(35)23-27-41(45)53(40)42-20-11-19-37-36-25-22-34(29-43(36)54-48(37)42)50-51-46(32-15-5-2-6-16-32)49-47(52-50)38-18-9-10-21-44(38)55-49/h1-29H. The van der Waals surface area contributed by atoms with E-state index in [2.05, 4.69) is 174 Å². The van der Waals surface area contributed by atoms with Crippen LogP contribution in [0.4, 0.5) is 0 Å². The molecule has 0 aliphatic rings. The van der Waals surface area contributed by atoms with Crippen LogP contribution in [0.3, 0.4) is 0 Å². The van der Waals surface area contributed by atoms with Gasteiger partial charge in [-0.15, -0.1) is 11.3 Å². The molecule has 256 valence electrons. The largest absolute Gasteiger partial charge is 0.454 e. The number of hydrogen-bond acceptors (Lipinski definition) is 4. The van der Waals surface area contributed by atoms with Gasteiger partial charge in [0.05, 0.1) is 32.6 Å². The fourth-order valence-corrected chi connectivity index (χ4v) is 9.62. The van der Waals surface area contributed by atoms with Crippen LogP contribution in [0.5, 0.6) is 0 Å². The van der Waals surface area contributed by atoms with Crippen molar-refractivity contribution in [2.24, 2.45) is 0 Å². The maximum Gasteiger partial charge on any atom is 0.160 e. The quantitative estimate of drug-likeness (QED) is 0.182. The summed E-state index contributed by atoms with van der Waals surface area (Å²) < 4.78 is 11.6. The summed E-state index contributed by atoms with van der Waals surface area (Å²) >= 11 is 1.75. The smallest absolute Gasteiger partial charge is 0.160 e. The average molecular weight is 720 g/mol. The number of aromatic nitrogens is 3. The minimum atomic E-state index is 0.681. The number of para-hydroxylation sites is 1. The molecular weight excluding hydrogens is 691 g/mol. The summed E-state index contributed by atoms with van der Waals surface area (Å²) in [5.41, 5.74) is 11.2. The lowest BCUT2D eigenvalue weighted by molar-refractivity contribution is 0.666. The van der Waals surface area contributed by atoms with Crippen LogP contribution < -0.4 is 0 Å². The summed E-state index contributed by atoms with van der Waals surface area (Å²) in [4.78, 5) is 10.4. The molecule has 4 heterocycles. The number of nitrogens with zero attached hydrogens (tertiary/aromatic N) is 3. The summed E-state index contributed by atoms with van der Waals surface area (Å²) in [6.45, 7) is 0. The lowest BCUT2D eigenvalue weighted by Gasteiger charge is -2.09. The van der Waals surface area contributed by atoms with Gasteiger partial charge in [-0.25, -0.2) is 9.97 Å². The highest BCUT2D eigenvalue weighted by Crippen LogP contribution is 2.43. The molecule has 4 aromatic heterocycles. The topological polar surface area (TPSA) is 43.9 Å². The highest BCUT2D eigenvalue weighted by Gasteiger charge is 2.21. The van der Waals surface area contributed by atoms with Crippen LogP contribution in [0.1, 0.15) is 0 Å². The van der Waals surface area contributed by atoms with E-state index in [0.29, 0.717) is 5.82 Å². The Morgan fingerprint density at radius 3 is 2.07 bits per heavy atom. The van der Waals surface area contributed by atoms with Gasteiger partial charge in [-0.3, -0.25) is 0 Å². The number of fused-ring (bicyclic) bond motifs is 11. The molecule has 0 N–H and O–H groups in total. The van der Waals surface area contributed by atoms with Gasteiger partial charge in [0, 0.05) is 42.8 Å². The van der Waals surface area contributed by atoms with Crippen LogP contribution in [0.25, 0.3) is 114 Å². The third-order valence-corrected chi connectivity index (χ3v) is 12.2. The fraction of sp³-hybridized carbons (Fsp3) is 0. The fourth-order valence-electron chi connectivity index (χ4n) is 8.47. The lowest BCUT2D eigenvalue weighted by atomic mass is 10.0. The summed E-state index contributed by atoms with van der Waals surface area (Å²) in [7, 11) is 0. The van der Waals surface area contributed by atoms with E-state index in [9.17, 15) is 0 Å². The molecule has 0 aliphatic carbocycles. The SMILES string of the molecule is c1ccc(-c2ccc3c(c2)c2c4ccccc4ccc2n3-c2cccc3c2oc2cc(-c4nc(-c5ccccc5)c5sc6ccccc6c5n4)ccc23)cc1. The Hall–Kier alpha value is -7.08. The van der Waals surface area contributed by atoms with Crippen molar-refractivity contribution in [3.05, 3.63) is 176 Å². The molecule has 0 bridgehead atoms. The van der Waals surface area contributed by atoms with Crippen LogP contribution in [0.15, 0.2) is 180 Å². The zero-order valence-electron chi connectivity index (χ0n) is 29.4. The van der Waals surface area contributed by atoms with Crippen molar-refractivity contribution in [1.82, 2.24) is 14.5 Å². The molecule has 0 amide bonds. The third-order valence-electron chi connectivity index (χ3n) is 11.0. The van der Waals surface area contributed by atoms with Crippen LogP contribution in [-0.2, 0) is 0 Å². The first kappa shape index (κ1) is 30.4. The van der Waals surface area contributed by atoms with E-state index < -0.39 is 0 Å². The normalized spacial score (nSPS) is 12.0. The molecule has 0 saturated heterocycles. The zero-order valence-corrected chi connectivity index (χ0v) is 30.2. The Bertz CT molecular complexity index is 3490. The van der Waals surface area contributed by atoms with E-state index in [1.165, 1.54) is 37.4 Å². The van der Waals surface area contributed by atoms with Crippen LogP contribution in [0, 0.1) is 0 Å². The minimum absolute atomic E-state index is 0.681. The van der Waals surface area contributed by atoms with Crippen molar-refractivity contribution in [3.63, 3.8) is 0 Å². The van der Waals surface area contributed by atoms with Crippen molar-refractivity contribution in [2.75, 3.05) is 0 Å². The Balaban J connectivity index is 1.08. The number of thiophene rings is 1. The molecule has 0 atom stereocenters.